The molecule has 0 aliphatic rings. The van der Waals surface area contributed by atoms with E-state index in [0.717, 1.165) is 10.5 Å². The van der Waals surface area contributed by atoms with Gasteiger partial charge in [-0.3, -0.25) is 14.4 Å². The van der Waals surface area contributed by atoms with Gasteiger partial charge >= 0.3 is 6.09 Å². The van der Waals surface area contributed by atoms with Gasteiger partial charge in [0.15, 0.2) is 0 Å². The molecule has 0 saturated heterocycles. The van der Waals surface area contributed by atoms with Gasteiger partial charge in [0, 0.05) is 18.5 Å². The lowest BCUT2D eigenvalue weighted by Gasteiger charge is -2.33. The number of nitrogens with one attached hydrogen (secondary N) is 2. The minimum Gasteiger partial charge on any atom is -0.444 e. The average molecular weight is 532 g/mol. The van der Waals surface area contributed by atoms with Crippen LogP contribution in [0, 0.1) is 23.7 Å². The first-order valence-electron chi connectivity index (χ1n) is 12.3. The Hall–Kier alpha value is -4.83. The first-order valence-corrected chi connectivity index (χ1v) is 12.3. The molecular weight excluding hydrogens is 498 g/mol. The number of nitrogens with two attached hydrogens (primary N) is 1. The Labute approximate surface area is 228 Å². The second-order valence-electron chi connectivity index (χ2n) is 9.70. The fourth-order valence-corrected chi connectivity index (χ4v) is 3.68. The van der Waals surface area contributed by atoms with Gasteiger partial charge in [-0.2, -0.15) is 5.26 Å². The van der Waals surface area contributed by atoms with E-state index in [1.807, 2.05) is 36.4 Å². The van der Waals surface area contributed by atoms with E-state index < -0.39 is 48.0 Å². The van der Waals surface area contributed by atoms with Crippen molar-refractivity contribution in [2.45, 2.75) is 57.8 Å². The summed E-state index contributed by atoms with van der Waals surface area (Å²) < 4.78 is 5.27. The zero-order valence-corrected chi connectivity index (χ0v) is 22.3. The summed E-state index contributed by atoms with van der Waals surface area (Å²) in [6, 6.07) is 15.0. The number of benzene rings is 2. The molecule has 0 heterocycles. The van der Waals surface area contributed by atoms with Gasteiger partial charge in [-0.25, -0.2) is 4.79 Å². The monoisotopic (exact) mass is 531 g/mol. The number of rotatable bonds is 11. The Bertz CT molecular complexity index is 1240. The highest BCUT2D eigenvalue weighted by atomic mass is 16.6. The van der Waals surface area contributed by atoms with Crippen LogP contribution in [-0.2, 0) is 25.7 Å². The Morgan fingerprint density at radius 1 is 1.08 bits per heavy atom. The van der Waals surface area contributed by atoms with Crippen molar-refractivity contribution in [1.82, 2.24) is 15.5 Å². The van der Waals surface area contributed by atoms with Crippen molar-refractivity contribution in [3.8, 4) is 18.4 Å². The van der Waals surface area contributed by atoms with E-state index in [2.05, 4.69) is 16.6 Å². The van der Waals surface area contributed by atoms with Crippen LogP contribution < -0.4 is 16.4 Å². The van der Waals surface area contributed by atoms with Crippen LogP contribution in [0.5, 0.6) is 0 Å². The zero-order chi connectivity index (χ0) is 29.0. The zero-order valence-electron chi connectivity index (χ0n) is 22.3. The van der Waals surface area contributed by atoms with Crippen LogP contribution >= 0.6 is 0 Å². The van der Waals surface area contributed by atoms with Crippen LogP contribution in [0.1, 0.15) is 56.3 Å². The van der Waals surface area contributed by atoms with Gasteiger partial charge in [0.25, 0.3) is 0 Å². The number of hydrogen-bond acceptors (Lipinski definition) is 6. The molecule has 39 heavy (non-hydrogen) atoms. The van der Waals surface area contributed by atoms with E-state index >= 15 is 0 Å². The first-order chi connectivity index (χ1) is 18.4. The van der Waals surface area contributed by atoms with Crippen LogP contribution in [0.25, 0.3) is 0 Å². The van der Waals surface area contributed by atoms with Gasteiger partial charge in [-0.15, -0.1) is 6.42 Å². The highest BCUT2D eigenvalue weighted by Crippen LogP contribution is 2.24. The summed E-state index contributed by atoms with van der Waals surface area (Å²) in [5.74, 6) is 0.492. The summed E-state index contributed by atoms with van der Waals surface area (Å²) >= 11 is 0. The standard InChI is InChI=1S/C29H33N5O5/c1-5-20-11-13-22(14-12-20)25(26(36)32-19-21-9-7-6-8-10-21)34(18-17-30)27(37)23(15-16-24(31)35)33-28(38)39-29(2,3)4/h1,6-14,23,25H,15-16,18-19H2,2-4H3,(H2,31,35)(H,32,36)(H,33,38). The van der Waals surface area contributed by atoms with Gasteiger partial charge in [0.1, 0.15) is 24.2 Å². The molecule has 0 aromatic heterocycles. The van der Waals surface area contributed by atoms with Gasteiger partial charge < -0.3 is 26.0 Å². The number of nitrogens with zero attached hydrogens (tertiary/aromatic N) is 2. The molecule has 10 nitrogen and oxygen atoms in total. The number of ether oxygens (including phenoxy) is 1. The van der Waals surface area contributed by atoms with Crippen molar-refractivity contribution in [2.24, 2.45) is 5.73 Å². The highest BCUT2D eigenvalue weighted by Gasteiger charge is 2.36. The molecule has 0 spiro atoms. The molecule has 2 rings (SSSR count). The molecule has 2 atom stereocenters. The summed E-state index contributed by atoms with van der Waals surface area (Å²) in [6.07, 6.45) is 4.18. The Morgan fingerprint density at radius 3 is 2.26 bits per heavy atom. The van der Waals surface area contributed by atoms with Crippen LogP contribution in [0.2, 0.25) is 0 Å². The van der Waals surface area contributed by atoms with Crippen LogP contribution in [0.3, 0.4) is 0 Å². The van der Waals surface area contributed by atoms with E-state index in [-0.39, 0.29) is 19.4 Å². The summed E-state index contributed by atoms with van der Waals surface area (Å²) in [4.78, 5) is 52.4. The lowest BCUT2D eigenvalue weighted by atomic mass is 10.00. The fraction of sp³-hybridized carbons (Fsp3) is 0.345. The Kier molecular flexibility index (Phi) is 11.1. The second kappa shape index (κ2) is 14.2. The quantitative estimate of drug-likeness (QED) is 0.299. The van der Waals surface area contributed by atoms with Crippen LogP contribution in [0.4, 0.5) is 4.79 Å². The summed E-state index contributed by atoms with van der Waals surface area (Å²) in [5.41, 5.74) is 6.22. The molecule has 0 fully saturated rings. The smallest absolute Gasteiger partial charge is 0.408 e. The summed E-state index contributed by atoms with van der Waals surface area (Å²) in [6.45, 7) is 4.65. The molecule has 2 unspecified atom stereocenters. The number of hydrogen-bond donors (Lipinski definition) is 3. The summed E-state index contributed by atoms with van der Waals surface area (Å²) in [5, 5.41) is 14.9. The van der Waals surface area contributed by atoms with E-state index in [1.165, 1.54) is 0 Å². The number of nitriles is 1. The Balaban J connectivity index is 2.46. The SMILES string of the molecule is C#Cc1ccc(C(C(=O)NCc2ccccc2)N(CC#N)C(=O)C(CCC(N)=O)NC(=O)OC(C)(C)C)cc1. The number of terminal acetylenes is 1. The molecule has 10 heteroatoms. The highest BCUT2D eigenvalue weighted by molar-refractivity contribution is 5.92. The number of amides is 4. The second-order valence-corrected chi connectivity index (χ2v) is 9.70. The maximum atomic E-state index is 13.8. The largest absolute Gasteiger partial charge is 0.444 e. The molecule has 0 saturated carbocycles. The lowest BCUT2D eigenvalue weighted by Crippen LogP contribution is -2.53. The molecule has 0 aliphatic carbocycles. The third-order valence-corrected chi connectivity index (χ3v) is 5.46. The molecule has 2 aromatic rings. The molecule has 0 radical (unpaired) electrons. The van der Waals surface area contributed by atoms with Gasteiger partial charge in [0.2, 0.25) is 17.7 Å². The maximum absolute atomic E-state index is 13.8. The minimum absolute atomic E-state index is 0.163. The number of carbonyl (C=O) groups excluding carboxylic acids is 4. The maximum Gasteiger partial charge on any atom is 0.408 e. The molecule has 204 valence electrons. The third kappa shape index (κ3) is 9.86. The normalized spacial score (nSPS) is 12.1. The predicted octanol–water partition coefficient (Wildman–Crippen LogP) is 2.54. The van der Waals surface area contributed by atoms with Gasteiger partial charge in [0.05, 0.1) is 6.07 Å². The van der Waals surface area contributed by atoms with Crippen LogP contribution in [0.15, 0.2) is 54.6 Å². The van der Waals surface area contributed by atoms with Crippen molar-refractivity contribution < 1.29 is 23.9 Å². The van der Waals surface area contributed by atoms with Crippen molar-refractivity contribution in [3.05, 3.63) is 71.3 Å². The first kappa shape index (κ1) is 30.4. The van der Waals surface area contributed by atoms with Crippen molar-refractivity contribution in [3.63, 3.8) is 0 Å². The lowest BCUT2D eigenvalue weighted by molar-refractivity contribution is -0.142. The van der Waals surface area contributed by atoms with E-state index in [1.54, 1.807) is 45.0 Å². The van der Waals surface area contributed by atoms with Crippen molar-refractivity contribution in [2.75, 3.05) is 6.54 Å². The fourth-order valence-electron chi connectivity index (χ4n) is 3.68. The van der Waals surface area contributed by atoms with Gasteiger partial charge in [-0.1, -0.05) is 48.4 Å². The molecule has 2 aromatic carbocycles. The Morgan fingerprint density at radius 2 is 1.72 bits per heavy atom. The average Bonchev–Trinajstić information content (AvgIpc) is 2.89. The molecule has 4 amide bonds. The van der Waals surface area contributed by atoms with Crippen molar-refractivity contribution in [1.29, 1.82) is 5.26 Å². The third-order valence-electron chi connectivity index (χ3n) is 5.46. The number of primary amides is 1. The summed E-state index contributed by atoms with van der Waals surface area (Å²) in [7, 11) is 0. The topological polar surface area (TPSA) is 155 Å². The molecule has 0 aliphatic heterocycles. The van der Waals surface area contributed by atoms with E-state index in [0.29, 0.717) is 11.1 Å². The minimum atomic E-state index is -1.30. The van der Waals surface area contributed by atoms with Crippen LogP contribution in [-0.4, -0.2) is 46.9 Å². The molecule has 4 N–H and O–H groups in total. The van der Waals surface area contributed by atoms with E-state index in [4.69, 9.17) is 16.9 Å². The molecular formula is C29H33N5O5. The van der Waals surface area contributed by atoms with Crippen molar-refractivity contribution >= 4 is 23.8 Å². The molecule has 0 bridgehead atoms. The number of carbonyl (C=O) groups is 4. The predicted molar refractivity (Wildman–Crippen MR) is 144 cm³/mol. The van der Waals surface area contributed by atoms with Gasteiger partial charge in [-0.05, 0) is 50.5 Å². The van der Waals surface area contributed by atoms with E-state index in [9.17, 15) is 24.4 Å². The number of alkyl carbamates (subject to hydrolysis) is 1.